The summed E-state index contributed by atoms with van der Waals surface area (Å²) in [4.78, 5) is 15.7. The van der Waals surface area contributed by atoms with Gasteiger partial charge in [0.25, 0.3) is 0 Å². The van der Waals surface area contributed by atoms with Crippen molar-refractivity contribution in [3.8, 4) is 0 Å². The fourth-order valence-corrected chi connectivity index (χ4v) is 2.06. The molecule has 1 atom stereocenters. The molecule has 6 nitrogen and oxygen atoms in total. The Morgan fingerprint density at radius 1 is 1.30 bits per heavy atom. The predicted molar refractivity (Wildman–Crippen MR) is 94.7 cm³/mol. The van der Waals surface area contributed by atoms with Crippen molar-refractivity contribution < 1.29 is 9.53 Å². The van der Waals surface area contributed by atoms with Crippen LogP contribution in [0.5, 0.6) is 0 Å². The summed E-state index contributed by atoms with van der Waals surface area (Å²) < 4.78 is 5.09. The molecule has 0 fully saturated rings. The summed E-state index contributed by atoms with van der Waals surface area (Å²) in [5.41, 5.74) is 1.93. The fraction of sp³-hybridized carbons (Fsp3) is 0.529. The van der Waals surface area contributed by atoms with Crippen molar-refractivity contribution in [2.24, 2.45) is 4.99 Å². The van der Waals surface area contributed by atoms with Crippen LogP contribution in [-0.2, 0) is 16.1 Å². The van der Waals surface area contributed by atoms with Gasteiger partial charge in [-0.1, -0.05) is 19.1 Å². The number of nitrogens with zero attached hydrogens (tertiary/aromatic N) is 1. The highest BCUT2D eigenvalue weighted by molar-refractivity contribution is 5.90. The van der Waals surface area contributed by atoms with Crippen LogP contribution in [0, 0.1) is 0 Å². The molecule has 0 aliphatic carbocycles. The van der Waals surface area contributed by atoms with Crippen molar-refractivity contribution in [2.45, 2.75) is 39.3 Å². The highest BCUT2D eigenvalue weighted by Gasteiger charge is 2.05. The smallest absolute Gasteiger partial charge is 0.224 e. The van der Waals surface area contributed by atoms with Crippen LogP contribution in [0.25, 0.3) is 0 Å². The van der Waals surface area contributed by atoms with Crippen molar-refractivity contribution in [2.75, 3.05) is 26.1 Å². The number of carbonyl (C=O) groups is 1. The summed E-state index contributed by atoms with van der Waals surface area (Å²) in [6, 6.07) is 7.98. The number of hydrogen-bond acceptors (Lipinski definition) is 3. The Morgan fingerprint density at radius 2 is 2.00 bits per heavy atom. The number of methoxy groups -OCH3 is 1. The molecule has 0 spiro atoms. The predicted octanol–water partition coefficient (Wildman–Crippen LogP) is 2.13. The summed E-state index contributed by atoms with van der Waals surface area (Å²) in [5, 5.41) is 9.37. The van der Waals surface area contributed by atoms with Gasteiger partial charge in [0.2, 0.25) is 5.91 Å². The van der Waals surface area contributed by atoms with E-state index in [1.165, 1.54) is 0 Å². The largest absolute Gasteiger partial charge is 0.383 e. The van der Waals surface area contributed by atoms with Crippen LogP contribution in [0.3, 0.4) is 0 Å². The van der Waals surface area contributed by atoms with Crippen LogP contribution < -0.4 is 16.0 Å². The lowest BCUT2D eigenvalue weighted by Gasteiger charge is -2.17. The lowest BCUT2D eigenvalue weighted by Crippen LogP contribution is -2.43. The molecule has 0 saturated carbocycles. The van der Waals surface area contributed by atoms with Crippen molar-refractivity contribution in [1.29, 1.82) is 0 Å². The fourth-order valence-electron chi connectivity index (χ4n) is 2.06. The summed E-state index contributed by atoms with van der Waals surface area (Å²) in [6.45, 7) is 5.29. The van der Waals surface area contributed by atoms with E-state index in [1.807, 2.05) is 38.1 Å². The molecule has 1 aromatic carbocycles. The Morgan fingerprint density at radius 3 is 2.57 bits per heavy atom. The monoisotopic (exact) mass is 320 g/mol. The van der Waals surface area contributed by atoms with Gasteiger partial charge in [0, 0.05) is 38.9 Å². The zero-order valence-electron chi connectivity index (χ0n) is 14.5. The van der Waals surface area contributed by atoms with E-state index in [2.05, 4.69) is 20.9 Å². The third kappa shape index (κ3) is 7.65. The van der Waals surface area contributed by atoms with E-state index in [-0.39, 0.29) is 11.9 Å². The van der Waals surface area contributed by atoms with E-state index in [9.17, 15) is 4.79 Å². The van der Waals surface area contributed by atoms with Crippen LogP contribution in [-0.4, -0.2) is 38.7 Å². The minimum Gasteiger partial charge on any atom is -0.383 e. The van der Waals surface area contributed by atoms with Gasteiger partial charge in [-0.05, 0) is 31.0 Å². The number of benzene rings is 1. The maximum Gasteiger partial charge on any atom is 0.224 e. The van der Waals surface area contributed by atoms with Gasteiger partial charge in [-0.2, -0.15) is 0 Å². The number of nitrogens with one attached hydrogen (secondary N) is 3. The topological polar surface area (TPSA) is 74.8 Å². The molecule has 0 bridgehead atoms. The van der Waals surface area contributed by atoms with E-state index in [0.29, 0.717) is 19.6 Å². The summed E-state index contributed by atoms with van der Waals surface area (Å²) >= 11 is 0. The molecule has 0 saturated heterocycles. The average molecular weight is 320 g/mol. The first-order chi connectivity index (χ1) is 11.1. The lowest BCUT2D eigenvalue weighted by molar-refractivity contribution is -0.116. The molecule has 0 heterocycles. The number of rotatable bonds is 8. The number of aliphatic imine (C=N–C) groups is 1. The Labute approximate surface area is 138 Å². The Kier molecular flexibility index (Phi) is 8.75. The third-order valence-corrected chi connectivity index (χ3v) is 3.20. The number of ether oxygens (including phenoxy) is 1. The minimum atomic E-state index is 0.0510. The first-order valence-corrected chi connectivity index (χ1v) is 7.94. The maximum absolute atomic E-state index is 11.5. The second kappa shape index (κ2) is 10.6. The third-order valence-electron chi connectivity index (χ3n) is 3.20. The SMILES string of the molecule is CCCC(=O)Nc1ccc(CNC(=NC)NC(C)COC)cc1. The van der Waals surface area contributed by atoms with Crippen molar-refractivity contribution >= 4 is 17.6 Å². The zero-order chi connectivity index (χ0) is 17.1. The van der Waals surface area contributed by atoms with Crippen molar-refractivity contribution in [1.82, 2.24) is 10.6 Å². The van der Waals surface area contributed by atoms with Crippen LogP contribution in [0.1, 0.15) is 32.3 Å². The van der Waals surface area contributed by atoms with E-state index in [0.717, 1.165) is 23.6 Å². The Bertz CT molecular complexity index is 500. The molecule has 3 N–H and O–H groups in total. The first-order valence-electron chi connectivity index (χ1n) is 7.94. The van der Waals surface area contributed by atoms with Gasteiger partial charge in [0.1, 0.15) is 0 Å². The van der Waals surface area contributed by atoms with Crippen LogP contribution in [0.4, 0.5) is 5.69 Å². The molecule has 1 amide bonds. The van der Waals surface area contributed by atoms with E-state index < -0.39 is 0 Å². The number of hydrogen-bond donors (Lipinski definition) is 3. The lowest BCUT2D eigenvalue weighted by atomic mass is 10.2. The Hall–Kier alpha value is -2.08. The summed E-state index contributed by atoms with van der Waals surface area (Å²) in [5.74, 6) is 0.782. The molecule has 128 valence electrons. The Balaban J connectivity index is 2.46. The zero-order valence-corrected chi connectivity index (χ0v) is 14.5. The maximum atomic E-state index is 11.5. The highest BCUT2D eigenvalue weighted by atomic mass is 16.5. The molecular weight excluding hydrogens is 292 g/mol. The van der Waals surface area contributed by atoms with Gasteiger partial charge in [-0.15, -0.1) is 0 Å². The number of anilines is 1. The quantitative estimate of drug-likeness (QED) is 0.507. The van der Waals surface area contributed by atoms with Crippen LogP contribution in [0.2, 0.25) is 0 Å². The van der Waals surface area contributed by atoms with E-state index >= 15 is 0 Å². The van der Waals surface area contributed by atoms with E-state index in [1.54, 1.807) is 14.2 Å². The van der Waals surface area contributed by atoms with Gasteiger partial charge < -0.3 is 20.7 Å². The van der Waals surface area contributed by atoms with Gasteiger partial charge in [-0.3, -0.25) is 9.79 Å². The van der Waals surface area contributed by atoms with Gasteiger partial charge in [0.15, 0.2) is 5.96 Å². The minimum absolute atomic E-state index is 0.0510. The second-order valence-electron chi connectivity index (χ2n) is 5.42. The molecule has 0 radical (unpaired) electrons. The van der Waals surface area contributed by atoms with Crippen molar-refractivity contribution in [3.63, 3.8) is 0 Å². The molecule has 1 rings (SSSR count). The molecular formula is C17H28N4O2. The highest BCUT2D eigenvalue weighted by Crippen LogP contribution is 2.10. The molecule has 0 aromatic heterocycles. The normalized spacial score (nSPS) is 12.6. The summed E-state index contributed by atoms with van der Waals surface area (Å²) in [6.07, 6.45) is 1.40. The van der Waals surface area contributed by atoms with Crippen LogP contribution >= 0.6 is 0 Å². The molecule has 1 aromatic rings. The van der Waals surface area contributed by atoms with Gasteiger partial charge in [-0.25, -0.2) is 0 Å². The standard InChI is InChI=1S/C17H28N4O2/c1-5-6-16(22)21-15-9-7-14(8-10-15)11-19-17(18-3)20-13(2)12-23-4/h7-10,13H,5-6,11-12H2,1-4H3,(H,21,22)(H2,18,19,20). The molecule has 0 aliphatic rings. The molecule has 23 heavy (non-hydrogen) atoms. The molecule has 6 heteroatoms. The first kappa shape index (κ1) is 19.0. The number of guanidine groups is 1. The summed E-state index contributed by atoms with van der Waals surface area (Å²) in [7, 11) is 3.41. The van der Waals surface area contributed by atoms with E-state index in [4.69, 9.17) is 4.74 Å². The average Bonchev–Trinajstić information content (AvgIpc) is 2.53. The molecule has 1 unspecified atom stereocenters. The molecule has 0 aliphatic heterocycles. The number of carbonyl (C=O) groups excluding carboxylic acids is 1. The number of amides is 1. The van der Waals surface area contributed by atoms with Gasteiger partial charge in [0.05, 0.1) is 6.61 Å². The van der Waals surface area contributed by atoms with Crippen molar-refractivity contribution in [3.05, 3.63) is 29.8 Å². The van der Waals surface area contributed by atoms with Crippen LogP contribution in [0.15, 0.2) is 29.3 Å². The second-order valence-corrected chi connectivity index (χ2v) is 5.42. The van der Waals surface area contributed by atoms with Gasteiger partial charge >= 0.3 is 0 Å².